The maximum atomic E-state index is 13.6. The number of anilines is 1. The Balaban J connectivity index is 2.75. The van der Waals surface area contributed by atoms with Gasteiger partial charge >= 0.3 is 0 Å². The van der Waals surface area contributed by atoms with Gasteiger partial charge < -0.3 is 11.5 Å². The van der Waals surface area contributed by atoms with Gasteiger partial charge in [0, 0.05) is 6.07 Å². The number of nitrogens with two attached hydrogens (primary N) is 2. The number of benzene rings is 1. The van der Waals surface area contributed by atoms with Crippen molar-refractivity contribution in [1.29, 1.82) is 0 Å². The van der Waals surface area contributed by atoms with Gasteiger partial charge in [-0.25, -0.2) is 9.37 Å². The molecule has 102 valence electrons. The predicted octanol–water partition coefficient (Wildman–Crippen LogP) is 2.09. The summed E-state index contributed by atoms with van der Waals surface area (Å²) >= 11 is 5.70. The van der Waals surface area contributed by atoms with Crippen molar-refractivity contribution in [2.75, 3.05) is 5.73 Å². The van der Waals surface area contributed by atoms with Gasteiger partial charge in [-0.15, -0.1) is 0 Å². The summed E-state index contributed by atoms with van der Waals surface area (Å²) < 4.78 is 15.0. The van der Waals surface area contributed by atoms with E-state index in [9.17, 15) is 9.18 Å². The molecule has 1 atom stereocenters. The van der Waals surface area contributed by atoms with Gasteiger partial charge in [0.15, 0.2) is 0 Å². The van der Waals surface area contributed by atoms with Crippen LogP contribution in [0.15, 0.2) is 12.1 Å². The molecular formula is C12H14ClFN4O. The van der Waals surface area contributed by atoms with Crippen LogP contribution in [-0.2, 0) is 4.79 Å². The summed E-state index contributed by atoms with van der Waals surface area (Å²) in [6, 6.07) is 1.89. The standard InChI is InChI=1S/C12H14ClFN4O/c1-5(2)10(11(15)19)18-9-4-7(14)6(13)3-8(9)17-12(18)16/h3-5,10H,1-2H3,(H2,15,19)(H2,16,17). The first-order valence-corrected chi connectivity index (χ1v) is 6.12. The van der Waals surface area contributed by atoms with Gasteiger partial charge in [-0.05, 0) is 12.0 Å². The number of hydrogen-bond donors (Lipinski definition) is 2. The number of carbonyl (C=O) groups excluding carboxylic acids is 1. The second-order valence-corrected chi connectivity index (χ2v) is 5.09. The van der Waals surface area contributed by atoms with E-state index in [-0.39, 0.29) is 16.9 Å². The third kappa shape index (κ3) is 2.23. The Morgan fingerprint density at radius 3 is 2.63 bits per heavy atom. The Kier molecular flexibility index (Phi) is 3.36. The third-order valence-electron chi connectivity index (χ3n) is 2.96. The highest BCUT2D eigenvalue weighted by Gasteiger charge is 2.26. The van der Waals surface area contributed by atoms with Crippen LogP contribution < -0.4 is 11.5 Å². The summed E-state index contributed by atoms with van der Waals surface area (Å²) in [4.78, 5) is 15.7. The van der Waals surface area contributed by atoms with E-state index in [2.05, 4.69) is 4.98 Å². The van der Waals surface area contributed by atoms with Crippen molar-refractivity contribution in [3.05, 3.63) is 23.0 Å². The van der Waals surface area contributed by atoms with E-state index < -0.39 is 17.8 Å². The first-order valence-electron chi connectivity index (χ1n) is 5.74. The lowest BCUT2D eigenvalue weighted by Gasteiger charge is -2.20. The van der Waals surface area contributed by atoms with Gasteiger partial charge in [0.2, 0.25) is 11.9 Å². The molecule has 1 aromatic carbocycles. The minimum absolute atomic E-state index is 0.0441. The number of primary amides is 1. The topological polar surface area (TPSA) is 86.9 Å². The molecule has 0 aliphatic heterocycles. The van der Waals surface area contributed by atoms with Crippen LogP contribution in [0.25, 0.3) is 11.0 Å². The lowest BCUT2D eigenvalue weighted by atomic mass is 10.0. The number of fused-ring (bicyclic) bond motifs is 1. The van der Waals surface area contributed by atoms with E-state index in [4.69, 9.17) is 23.1 Å². The Labute approximate surface area is 114 Å². The molecule has 1 aromatic heterocycles. The molecule has 1 amide bonds. The number of aromatic nitrogens is 2. The molecule has 0 aliphatic carbocycles. The fourth-order valence-corrected chi connectivity index (χ4v) is 2.31. The van der Waals surface area contributed by atoms with Crippen LogP contribution in [0, 0.1) is 11.7 Å². The molecule has 19 heavy (non-hydrogen) atoms. The summed E-state index contributed by atoms with van der Waals surface area (Å²) in [5.74, 6) is -1.14. The number of amides is 1. The molecule has 2 rings (SSSR count). The minimum Gasteiger partial charge on any atom is -0.369 e. The molecule has 0 saturated carbocycles. The van der Waals surface area contributed by atoms with E-state index >= 15 is 0 Å². The minimum atomic E-state index is -0.689. The van der Waals surface area contributed by atoms with E-state index in [0.29, 0.717) is 11.0 Å². The summed E-state index contributed by atoms with van der Waals surface area (Å²) in [7, 11) is 0. The molecule has 0 fully saturated rings. The maximum absolute atomic E-state index is 13.6. The zero-order valence-electron chi connectivity index (χ0n) is 10.5. The van der Waals surface area contributed by atoms with Crippen molar-refractivity contribution >= 4 is 34.5 Å². The molecule has 1 heterocycles. The molecule has 0 bridgehead atoms. The van der Waals surface area contributed by atoms with Gasteiger partial charge in [-0.3, -0.25) is 9.36 Å². The van der Waals surface area contributed by atoms with Crippen LogP contribution >= 0.6 is 11.6 Å². The average Bonchev–Trinajstić information content (AvgIpc) is 2.56. The SMILES string of the molecule is CC(C)C(C(N)=O)n1c(N)nc2cc(Cl)c(F)cc21. The Hall–Kier alpha value is -1.82. The first kappa shape index (κ1) is 13.6. The normalized spacial score (nSPS) is 13.1. The van der Waals surface area contributed by atoms with Gasteiger partial charge in [-0.2, -0.15) is 0 Å². The molecule has 1 unspecified atom stereocenters. The number of halogens is 2. The summed E-state index contributed by atoms with van der Waals surface area (Å²) in [5, 5.41) is -0.0441. The monoisotopic (exact) mass is 284 g/mol. The van der Waals surface area contributed by atoms with E-state index in [1.165, 1.54) is 16.7 Å². The maximum Gasteiger partial charge on any atom is 0.240 e. The number of nitrogen functional groups attached to an aromatic ring is 1. The van der Waals surface area contributed by atoms with Crippen LogP contribution in [-0.4, -0.2) is 15.5 Å². The van der Waals surface area contributed by atoms with Gasteiger partial charge in [0.05, 0.1) is 16.1 Å². The molecule has 0 spiro atoms. The van der Waals surface area contributed by atoms with Crippen LogP contribution in [0.5, 0.6) is 0 Å². The van der Waals surface area contributed by atoms with Crippen molar-refractivity contribution in [2.45, 2.75) is 19.9 Å². The summed E-state index contributed by atoms with van der Waals surface area (Å²) in [6.45, 7) is 3.65. The molecule has 5 nitrogen and oxygen atoms in total. The number of nitrogens with zero attached hydrogens (tertiary/aromatic N) is 2. The zero-order valence-corrected chi connectivity index (χ0v) is 11.3. The first-order chi connectivity index (χ1) is 8.82. The summed E-state index contributed by atoms with van der Waals surface area (Å²) in [5.41, 5.74) is 12.0. The fraction of sp³-hybridized carbons (Fsp3) is 0.333. The molecular weight excluding hydrogens is 271 g/mol. The van der Waals surface area contributed by atoms with Crippen LogP contribution in [0.2, 0.25) is 5.02 Å². The van der Waals surface area contributed by atoms with Crippen molar-refractivity contribution in [1.82, 2.24) is 9.55 Å². The number of rotatable bonds is 3. The summed E-state index contributed by atoms with van der Waals surface area (Å²) in [6.07, 6.45) is 0. The molecule has 0 saturated heterocycles. The zero-order chi connectivity index (χ0) is 14.3. The lowest BCUT2D eigenvalue weighted by Crippen LogP contribution is -2.31. The van der Waals surface area contributed by atoms with Gasteiger partial charge in [0.25, 0.3) is 0 Å². The highest BCUT2D eigenvalue weighted by Crippen LogP contribution is 2.30. The average molecular weight is 285 g/mol. The fourth-order valence-electron chi connectivity index (χ4n) is 2.16. The van der Waals surface area contributed by atoms with E-state index in [0.717, 1.165) is 0 Å². The highest BCUT2D eigenvalue weighted by molar-refractivity contribution is 6.31. The lowest BCUT2D eigenvalue weighted by molar-refractivity contribution is -0.122. The number of hydrogen-bond acceptors (Lipinski definition) is 3. The Morgan fingerprint density at radius 1 is 1.47 bits per heavy atom. The highest BCUT2D eigenvalue weighted by atomic mass is 35.5. The van der Waals surface area contributed by atoms with Crippen LogP contribution in [0.1, 0.15) is 19.9 Å². The molecule has 0 aliphatic rings. The quantitative estimate of drug-likeness (QED) is 0.905. The Bertz CT molecular complexity index is 653. The largest absolute Gasteiger partial charge is 0.369 e. The Morgan fingerprint density at radius 2 is 2.11 bits per heavy atom. The van der Waals surface area contributed by atoms with E-state index in [1.807, 2.05) is 13.8 Å². The second kappa shape index (κ2) is 4.70. The van der Waals surface area contributed by atoms with Crippen molar-refractivity contribution in [2.24, 2.45) is 11.7 Å². The van der Waals surface area contributed by atoms with Gasteiger partial charge in [-0.1, -0.05) is 25.4 Å². The molecule has 2 aromatic rings. The van der Waals surface area contributed by atoms with E-state index in [1.54, 1.807) is 0 Å². The third-order valence-corrected chi connectivity index (χ3v) is 3.25. The number of imidazole rings is 1. The second-order valence-electron chi connectivity index (χ2n) is 4.69. The van der Waals surface area contributed by atoms with Crippen LogP contribution in [0.3, 0.4) is 0 Å². The van der Waals surface area contributed by atoms with Crippen molar-refractivity contribution in [3.8, 4) is 0 Å². The van der Waals surface area contributed by atoms with Gasteiger partial charge in [0.1, 0.15) is 11.9 Å². The number of carbonyl (C=O) groups is 1. The predicted molar refractivity (Wildman–Crippen MR) is 72.2 cm³/mol. The van der Waals surface area contributed by atoms with Crippen molar-refractivity contribution < 1.29 is 9.18 Å². The molecule has 4 N–H and O–H groups in total. The molecule has 7 heteroatoms. The smallest absolute Gasteiger partial charge is 0.240 e. The van der Waals surface area contributed by atoms with Crippen LogP contribution in [0.4, 0.5) is 10.3 Å². The molecule has 0 radical (unpaired) electrons. The van der Waals surface area contributed by atoms with Crippen molar-refractivity contribution in [3.63, 3.8) is 0 Å².